The van der Waals surface area contributed by atoms with Gasteiger partial charge in [0.25, 0.3) is 0 Å². The number of hydrogen-bond acceptors (Lipinski definition) is 2. The second kappa shape index (κ2) is 4.80. The van der Waals surface area contributed by atoms with E-state index in [4.69, 9.17) is 11.6 Å². The Labute approximate surface area is 113 Å². The molecule has 1 N–H and O–H groups in total. The molecule has 3 nitrogen and oxygen atoms in total. The van der Waals surface area contributed by atoms with Gasteiger partial charge in [0, 0.05) is 16.2 Å². The monoisotopic (exact) mass is 314 g/mol. The van der Waals surface area contributed by atoms with Gasteiger partial charge in [0.2, 0.25) is 0 Å². The summed E-state index contributed by atoms with van der Waals surface area (Å²) in [7, 11) is 0. The molecule has 0 spiro atoms. The summed E-state index contributed by atoms with van der Waals surface area (Å²) in [6.07, 6.45) is 1.18. The van der Waals surface area contributed by atoms with Crippen LogP contribution in [-0.2, 0) is 0 Å². The van der Waals surface area contributed by atoms with E-state index in [1.165, 1.54) is 0 Å². The molecule has 90 valence electrons. The van der Waals surface area contributed by atoms with E-state index in [0.717, 1.165) is 21.4 Å². The maximum absolute atomic E-state index is 9.77. The van der Waals surface area contributed by atoms with Crippen LogP contribution in [0, 0.1) is 6.92 Å². The van der Waals surface area contributed by atoms with Crippen molar-refractivity contribution in [2.24, 2.45) is 0 Å². The van der Waals surface area contributed by atoms with Crippen LogP contribution in [-0.4, -0.2) is 14.9 Å². The summed E-state index contributed by atoms with van der Waals surface area (Å²) in [5.41, 5.74) is 2.41. The average molecular weight is 316 g/mol. The van der Waals surface area contributed by atoms with Gasteiger partial charge < -0.3 is 5.11 Å². The van der Waals surface area contributed by atoms with E-state index >= 15 is 0 Å². The molecule has 0 bridgehead atoms. The highest BCUT2D eigenvalue weighted by Crippen LogP contribution is 2.26. The van der Waals surface area contributed by atoms with Crippen molar-refractivity contribution in [3.8, 4) is 5.69 Å². The molecule has 2 rings (SSSR count). The summed E-state index contributed by atoms with van der Waals surface area (Å²) >= 11 is 9.38. The van der Waals surface area contributed by atoms with Gasteiger partial charge in [-0.05, 0) is 32.0 Å². The van der Waals surface area contributed by atoms with E-state index in [1.54, 1.807) is 17.8 Å². The normalized spacial score (nSPS) is 12.8. The minimum absolute atomic E-state index is 0.564. The number of aryl methyl sites for hydroxylation is 1. The smallest absolute Gasteiger partial charge is 0.0819 e. The first-order chi connectivity index (χ1) is 7.99. The van der Waals surface area contributed by atoms with E-state index in [9.17, 15) is 5.11 Å². The Morgan fingerprint density at radius 2 is 2.18 bits per heavy atom. The maximum atomic E-state index is 9.77. The summed E-state index contributed by atoms with van der Waals surface area (Å²) in [5.74, 6) is 0. The van der Waals surface area contributed by atoms with Crippen molar-refractivity contribution in [3.05, 3.63) is 45.1 Å². The van der Waals surface area contributed by atoms with E-state index in [1.807, 2.05) is 25.1 Å². The van der Waals surface area contributed by atoms with Crippen molar-refractivity contribution in [2.45, 2.75) is 20.0 Å². The zero-order valence-electron chi connectivity index (χ0n) is 9.48. The topological polar surface area (TPSA) is 38.0 Å². The Kier molecular flexibility index (Phi) is 3.56. The molecular formula is C12H12BrClN2O. The molecule has 0 aliphatic rings. The predicted molar refractivity (Wildman–Crippen MR) is 71.6 cm³/mol. The largest absolute Gasteiger partial charge is 0.389 e. The number of aromatic nitrogens is 2. The average Bonchev–Trinajstić information content (AvgIpc) is 2.59. The van der Waals surface area contributed by atoms with Crippen molar-refractivity contribution >= 4 is 27.5 Å². The molecule has 1 aromatic carbocycles. The Morgan fingerprint density at radius 3 is 2.71 bits per heavy atom. The molecule has 5 heteroatoms. The van der Waals surface area contributed by atoms with Gasteiger partial charge in [0.15, 0.2) is 0 Å². The van der Waals surface area contributed by atoms with Crippen LogP contribution in [0.25, 0.3) is 5.69 Å². The Morgan fingerprint density at radius 1 is 1.47 bits per heavy atom. The second-order valence-corrected chi connectivity index (χ2v) is 5.21. The van der Waals surface area contributed by atoms with Crippen LogP contribution in [0.1, 0.15) is 24.3 Å². The van der Waals surface area contributed by atoms with E-state index in [2.05, 4.69) is 21.0 Å². The first-order valence-electron chi connectivity index (χ1n) is 5.18. The number of benzene rings is 1. The Hall–Kier alpha value is -0.840. The summed E-state index contributed by atoms with van der Waals surface area (Å²) in [5, 5.41) is 14.7. The van der Waals surface area contributed by atoms with Gasteiger partial charge in [0.05, 0.1) is 22.5 Å². The summed E-state index contributed by atoms with van der Waals surface area (Å²) in [6, 6.07) is 5.69. The highest BCUT2D eigenvalue weighted by molar-refractivity contribution is 9.10. The van der Waals surface area contributed by atoms with Crippen LogP contribution in [0.2, 0.25) is 5.02 Å². The van der Waals surface area contributed by atoms with Crippen molar-refractivity contribution in [2.75, 3.05) is 0 Å². The molecule has 17 heavy (non-hydrogen) atoms. The minimum Gasteiger partial charge on any atom is -0.389 e. The highest BCUT2D eigenvalue weighted by Gasteiger charge is 2.12. The van der Waals surface area contributed by atoms with Gasteiger partial charge in [-0.25, -0.2) is 4.68 Å². The van der Waals surface area contributed by atoms with Gasteiger partial charge in [-0.2, -0.15) is 5.10 Å². The summed E-state index contributed by atoms with van der Waals surface area (Å²) in [4.78, 5) is 0. The predicted octanol–water partition coefficient (Wildman–Crippen LogP) is 3.65. The number of halogens is 2. The quantitative estimate of drug-likeness (QED) is 0.918. The lowest BCUT2D eigenvalue weighted by Crippen LogP contribution is -2.03. The molecule has 0 aliphatic heterocycles. The van der Waals surface area contributed by atoms with Gasteiger partial charge >= 0.3 is 0 Å². The van der Waals surface area contributed by atoms with E-state index in [-0.39, 0.29) is 0 Å². The van der Waals surface area contributed by atoms with Crippen molar-refractivity contribution in [3.63, 3.8) is 0 Å². The molecule has 1 unspecified atom stereocenters. The lowest BCUT2D eigenvalue weighted by Gasteiger charge is -2.12. The maximum Gasteiger partial charge on any atom is 0.0819 e. The lowest BCUT2D eigenvalue weighted by molar-refractivity contribution is 0.199. The standard InChI is InChI=1S/C12H12BrClN2O/c1-7-11(14)6-16(15-7)12-4-3-9(13)5-10(12)8(2)17/h3-6,8,17H,1-2H3. The lowest BCUT2D eigenvalue weighted by atomic mass is 10.1. The zero-order valence-corrected chi connectivity index (χ0v) is 11.8. The zero-order chi connectivity index (χ0) is 12.6. The van der Waals surface area contributed by atoms with Crippen LogP contribution in [0.4, 0.5) is 0 Å². The molecule has 0 saturated heterocycles. The third-order valence-corrected chi connectivity index (χ3v) is 3.39. The number of rotatable bonds is 2. The third-order valence-electron chi connectivity index (χ3n) is 2.53. The van der Waals surface area contributed by atoms with Crippen LogP contribution >= 0.6 is 27.5 Å². The Bertz CT molecular complexity index is 532. The van der Waals surface area contributed by atoms with Crippen molar-refractivity contribution in [1.82, 2.24) is 9.78 Å². The van der Waals surface area contributed by atoms with Gasteiger partial charge in [-0.15, -0.1) is 0 Å². The van der Waals surface area contributed by atoms with Crippen LogP contribution < -0.4 is 0 Å². The SMILES string of the molecule is Cc1nn(-c2ccc(Br)cc2C(C)O)cc1Cl. The fraction of sp³-hybridized carbons (Fsp3) is 0.250. The van der Waals surface area contributed by atoms with Crippen LogP contribution in [0.3, 0.4) is 0 Å². The first kappa shape index (κ1) is 12.6. The summed E-state index contributed by atoms with van der Waals surface area (Å²) < 4.78 is 2.61. The van der Waals surface area contributed by atoms with Crippen LogP contribution in [0.5, 0.6) is 0 Å². The minimum atomic E-state index is -0.564. The summed E-state index contributed by atoms with van der Waals surface area (Å²) in [6.45, 7) is 3.57. The first-order valence-corrected chi connectivity index (χ1v) is 6.36. The molecule has 2 aromatic rings. The van der Waals surface area contributed by atoms with E-state index < -0.39 is 6.10 Å². The molecule has 0 fully saturated rings. The molecule has 1 atom stereocenters. The van der Waals surface area contributed by atoms with Gasteiger partial charge in [-0.3, -0.25) is 0 Å². The van der Waals surface area contributed by atoms with Gasteiger partial charge in [-0.1, -0.05) is 27.5 Å². The van der Waals surface area contributed by atoms with Crippen molar-refractivity contribution in [1.29, 1.82) is 0 Å². The molecule has 0 amide bonds. The van der Waals surface area contributed by atoms with Crippen LogP contribution in [0.15, 0.2) is 28.9 Å². The second-order valence-electron chi connectivity index (χ2n) is 3.89. The highest BCUT2D eigenvalue weighted by atomic mass is 79.9. The van der Waals surface area contributed by atoms with E-state index in [0.29, 0.717) is 5.02 Å². The Balaban J connectivity index is 2.58. The molecular weight excluding hydrogens is 304 g/mol. The third kappa shape index (κ3) is 2.54. The number of aliphatic hydroxyl groups is 1. The molecule has 0 radical (unpaired) electrons. The number of aliphatic hydroxyl groups excluding tert-OH is 1. The molecule has 0 aliphatic carbocycles. The fourth-order valence-electron chi connectivity index (χ4n) is 1.63. The molecule has 0 saturated carbocycles. The van der Waals surface area contributed by atoms with Crippen molar-refractivity contribution < 1.29 is 5.11 Å². The van der Waals surface area contributed by atoms with Gasteiger partial charge in [0.1, 0.15) is 0 Å². The fourth-order valence-corrected chi connectivity index (χ4v) is 2.14. The number of nitrogens with zero attached hydrogens (tertiary/aromatic N) is 2. The number of hydrogen-bond donors (Lipinski definition) is 1. The molecule has 1 heterocycles. The molecule has 1 aromatic heterocycles.